The van der Waals surface area contributed by atoms with E-state index in [0.717, 1.165) is 0 Å². The highest BCUT2D eigenvalue weighted by atomic mass is 16.4. The van der Waals surface area contributed by atoms with Crippen LogP contribution in [0.4, 0.5) is 0 Å². The van der Waals surface area contributed by atoms with Crippen molar-refractivity contribution in [3.63, 3.8) is 0 Å². The van der Waals surface area contributed by atoms with Gasteiger partial charge in [0.25, 0.3) is 0 Å². The number of rotatable bonds is 1. The van der Waals surface area contributed by atoms with Gasteiger partial charge in [0, 0.05) is 0 Å². The predicted octanol–water partition coefficient (Wildman–Crippen LogP) is 2.00. The maximum Gasteiger partial charge on any atom is 0.309 e. The Balaban J connectivity index is 2.82. The maximum atomic E-state index is 10.9. The van der Waals surface area contributed by atoms with Crippen molar-refractivity contribution in [2.75, 3.05) is 0 Å². The largest absolute Gasteiger partial charge is 0.481 e. The molecule has 1 fully saturated rings. The standard InChI is InChI=1S/C9H16O2/c1-5-6(2)9(4,7(5)3)8(10)11/h5-7H,1-4H3,(H,10,11). The summed E-state index contributed by atoms with van der Waals surface area (Å²) in [6, 6.07) is 0. The van der Waals surface area contributed by atoms with Gasteiger partial charge >= 0.3 is 5.97 Å². The van der Waals surface area contributed by atoms with E-state index in [1.165, 1.54) is 0 Å². The number of hydrogen-bond donors (Lipinski definition) is 1. The minimum Gasteiger partial charge on any atom is -0.481 e. The molecule has 0 heterocycles. The molecule has 2 unspecified atom stereocenters. The second-order valence-electron chi connectivity index (χ2n) is 4.02. The summed E-state index contributed by atoms with van der Waals surface area (Å²) in [6.45, 7) is 8.03. The molecular weight excluding hydrogens is 140 g/mol. The van der Waals surface area contributed by atoms with Gasteiger partial charge in [-0.25, -0.2) is 0 Å². The molecule has 1 aliphatic rings. The number of carbonyl (C=O) groups is 1. The van der Waals surface area contributed by atoms with Crippen LogP contribution in [0.2, 0.25) is 0 Å². The van der Waals surface area contributed by atoms with Gasteiger partial charge in [0.2, 0.25) is 0 Å². The lowest BCUT2D eigenvalue weighted by Crippen LogP contribution is -2.56. The molecule has 1 rings (SSSR count). The molecule has 2 nitrogen and oxygen atoms in total. The minimum absolute atomic E-state index is 0.315. The highest BCUT2D eigenvalue weighted by Gasteiger charge is 2.57. The molecule has 11 heavy (non-hydrogen) atoms. The zero-order valence-electron chi connectivity index (χ0n) is 7.59. The molecule has 0 aliphatic heterocycles. The van der Waals surface area contributed by atoms with Crippen molar-refractivity contribution < 1.29 is 9.90 Å². The second-order valence-corrected chi connectivity index (χ2v) is 4.02. The Labute approximate surface area is 67.6 Å². The highest BCUT2D eigenvalue weighted by molar-refractivity contribution is 5.76. The van der Waals surface area contributed by atoms with Gasteiger partial charge in [-0.05, 0) is 24.7 Å². The summed E-state index contributed by atoms with van der Waals surface area (Å²) in [5.74, 6) is 0.539. The van der Waals surface area contributed by atoms with Crippen molar-refractivity contribution in [2.45, 2.75) is 27.7 Å². The molecule has 1 aliphatic carbocycles. The van der Waals surface area contributed by atoms with Gasteiger partial charge in [0.05, 0.1) is 5.41 Å². The maximum absolute atomic E-state index is 10.9. The van der Waals surface area contributed by atoms with Crippen LogP contribution in [0.3, 0.4) is 0 Å². The van der Waals surface area contributed by atoms with E-state index in [9.17, 15) is 4.79 Å². The lowest BCUT2D eigenvalue weighted by atomic mass is 9.49. The summed E-state index contributed by atoms with van der Waals surface area (Å²) in [4.78, 5) is 10.9. The smallest absolute Gasteiger partial charge is 0.309 e. The van der Waals surface area contributed by atoms with Crippen LogP contribution in [0.15, 0.2) is 0 Å². The van der Waals surface area contributed by atoms with Crippen molar-refractivity contribution in [1.29, 1.82) is 0 Å². The van der Waals surface area contributed by atoms with Crippen molar-refractivity contribution in [3.05, 3.63) is 0 Å². The van der Waals surface area contributed by atoms with Crippen LogP contribution in [0, 0.1) is 23.2 Å². The van der Waals surface area contributed by atoms with E-state index in [1.807, 2.05) is 20.8 Å². The van der Waals surface area contributed by atoms with E-state index in [4.69, 9.17) is 5.11 Å². The van der Waals surface area contributed by atoms with Gasteiger partial charge < -0.3 is 5.11 Å². The lowest BCUT2D eigenvalue weighted by molar-refractivity contribution is -0.175. The number of carboxylic acid groups (broad SMARTS) is 1. The van der Waals surface area contributed by atoms with Crippen molar-refractivity contribution in [1.82, 2.24) is 0 Å². The molecular formula is C9H16O2. The molecule has 1 N–H and O–H groups in total. The molecule has 64 valence electrons. The Morgan fingerprint density at radius 2 is 1.64 bits per heavy atom. The number of hydrogen-bond acceptors (Lipinski definition) is 1. The van der Waals surface area contributed by atoms with E-state index in [-0.39, 0.29) is 0 Å². The number of aliphatic carboxylic acids is 1. The normalized spacial score (nSPS) is 50.0. The summed E-state index contributed by atoms with van der Waals surface area (Å²) in [6.07, 6.45) is 0. The third-order valence-electron chi connectivity index (χ3n) is 3.93. The Kier molecular flexibility index (Phi) is 1.73. The predicted molar refractivity (Wildman–Crippen MR) is 43.2 cm³/mol. The first-order chi connectivity index (χ1) is 4.92. The summed E-state index contributed by atoms with van der Waals surface area (Å²) >= 11 is 0. The van der Waals surface area contributed by atoms with Crippen molar-refractivity contribution >= 4 is 5.97 Å². The quantitative estimate of drug-likeness (QED) is 0.630. The Bertz CT molecular complexity index is 176. The van der Waals surface area contributed by atoms with Gasteiger partial charge in [-0.1, -0.05) is 20.8 Å². The summed E-state index contributed by atoms with van der Waals surface area (Å²) in [5, 5.41) is 8.95. The molecule has 0 radical (unpaired) electrons. The van der Waals surface area contributed by atoms with Gasteiger partial charge in [-0.15, -0.1) is 0 Å². The Morgan fingerprint density at radius 3 is 1.82 bits per heavy atom. The molecule has 0 aromatic rings. The van der Waals surface area contributed by atoms with Crippen LogP contribution in [0.5, 0.6) is 0 Å². The topological polar surface area (TPSA) is 37.3 Å². The molecule has 1 saturated carbocycles. The molecule has 2 heteroatoms. The first kappa shape index (κ1) is 8.57. The van der Waals surface area contributed by atoms with Gasteiger partial charge in [-0.2, -0.15) is 0 Å². The van der Waals surface area contributed by atoms with Gasteiger partial charge in [0.15, 0.2) is 0 Å². The Hall–Kier alpha value is -0.530. The molecule has 0 aromatic heterocycles. The van der Waals surface area contributed by atoms with E-state index < -0.39 is 11.4 Å². The van der Waals surface area contributed by atoms with Crippen LogP contribution in [-0.2, 0) is 4.79 Å². The highest BCUT2D eigenvalue weighted by Crippen LogP contribution is 2.55. The fourth-order valence-corrected chi connectivity index (χ4v) is 2.21. The number of carboxylic acids is 1. The summed E-state index contributed by atoms with van der Waals surface area (Å²) in [7, 11) is 0. The fraction of sp³-hybridized carbons (Fsp3) is 0.889. The first-order valence-corrected chi connectivity index (χ1v) is 4.15. The van der Waals surface area contributed by atoms with Crippen LogP contribution >= 0.6 is 0 Å². The molecule has 2 atom stereocenters. The lowest BCUT2D eigenvalue weighted by Gasteiger charge is -2.53. The zero-order valence-corrected chi connectivity index (χ0v) is 7.59. The van der Waals surface area contributed by atoms with E-state index in [2.05, 4.69) is 6.92 Å². The third kappa shape index (κ3) is 0.815. The third-order valence-corrected chi connectivity index (χ3v) is 3.93. The van der Waals surface area contributed by atoms with Gasteiger partial charge in [-0.3, -0.25) is 4.79 Å². The summed E-state index contributed by atoms with van der Waals surface area (Å²) < 4.78 is 0. The fourth-order valence-electron chi connectivity index (χ4n) is 2.21. The van der Waals surface area contributed by atoms with Crippen LogP contribution < -0.4 is 0 Å². The Morgan fingerprint density at radius 1 is 1.27 bits per heavy atom. The zero-order chi connectivity index (χ0) is 8.81. The summed E-state index contributed by atoms with van der Waals surface area (Å²) in [5.41, 5.74) is -0.473. The van der Waals surface area contributed by atoms with E-state index in [1.54, 1.807) is 0 Å². The van der Waals surface area contributed by atoms with Crippen LogP contribution in [-0.4, -0.2) is 11.1 Å². The van der Waals surface area contributed by atoms with Crippen molar-refractivity contribution in [3.8, 4) is 0 Å². The first-order valence-electron chi connectivity index (χ1n) is 4.15. The molecule has 0 aromatic carbocycles. The SMILES string of the molecule is CC1C(C)C(C)(C(=O)O)C1C. The van der Waals surface area contributed by atoms with Gasteiger partial charge in [0.1, 0.15) is 0 Å². The van der Waals surface area contributed by atoms with Crippen LogP contribution in [0.1, 0.15) is 27.7 Å². The molecule has 0 bridgehead atoms. The molecule has 0 spiro atoms. The minimum atomic E-state index is -0.643. The van der Waals surface area contributed by atoms with Crippen LogP contribution in [0.25, 0.3) is 0 Å². The molecule has 0 amide bonds. The molecule has 0 saturated heterocycles. The average molecular weight is 156 g/mol. The average Bonchev–Trinajstić information content (AvgIpc) is 1.99. The monoisotopic (exact) mass is 156 g/mol. The van der Waals surface area contributed by atoms with E-state index >= 15 is 0 Å². The second kappa shape index (κ2) is 2.23. The van der Waals surface area contributed by atoms with Crippen molar-refractivity contribution in [2.24, 2.45) is 23.2 Å². The van der Waals surface area contributed by atoms with E-state index in [0.29, 0.717) is 17.8 Å².